The third-order valence-corrected chi connectivity index (χ3v) is 1.66. The average molecular weight is 151 g/mol. The van der Waals surface area contributed by atoms with Crippen molar-refractivity contribution in [2.24, 2.45) is 0 Å². The first-order valence-corrected chi connectivity index (χ1v) is 3.70. The molecule has 0 heterocycles. The highest BCUT2D eigenvalue weighted by Crippen LogP contribution is 2.08. The van der Waals surface area contributed by atoms with Crippen molar-refractivity contribution in [3.8, 4) is 6.07 Å². The lowest BCUT2D eigenvalue weighted by atomic mass is 10.1. The van der Waals surface area contributed by atoms with Gasteiger partial charge in [-0.15, -0.1) is 0 Å². The highest BCUT2D eigenvalue weighted by molar-refractivity contribution is 5.80. The van der Waals surface area contributed by atoms with Gasteiger partial charge < -0.3 is 0 Å². The average Bonchev–Trinajstić information content (AvgIpc) is 2.02. The Morgan fingerprint density at radius 3 is 2.36 bits per heavy atom. The lowest BCUT2D eigenvalue weighted by Crippen LogP contribution is -1.96. The van der Waals surface area contributed by atoms with Crippen LogP contribution in [0.15, 0.2) is 11.1 Å². The van der Waals surface area contributed by atoms with E-state index in [9.17, 15) is 4.79 Å². The Morgan fingerprint density at radius 1 is 1.45 bits per heavy atom. The summed E-state index contributed by atoms with van der Waals surface area (Å²) in [7, 11) is 0. The minimum Gasteiger partial charge on any atom is -0.299 e. The van der Waals surface area contributed by atoms with Crippen LogP contribution in [0.25, 0.3) is 0 Å². The number of carbonyl (C=O) groups excluding carboxylic acids is 1. The minimum absolute atomic E-state index is 0.192. The molecule has 0 aromatic rings. The number of nitriles is 1. The molecule has 0 aliphatic heterocycles. The van der Waals surface area contributed by atoms with Crippen LogP contribution in [0, 0.1) is 11.3 Å². The number of allylic oxidation sites excluding steroid dienone is 2. The summed E-state index contributed by atoms with van der Waals surface area (Å²) in [5.41, 5.74) is 1.55. The summed E-state index contributed by atoms with van der Waals surface area (Å²) in [5.74, 6) is 0.192. The van der Waals surface area contributed by atoms with Crippen LogP contribution >= 0.6 is 0 Å². The zero-order valence-corrected chi connectivity index (χ0v) is 7.27. The maximum absolute atomic E-state index is 10.9. The Labute approximate surface area is 67.5 Å². The molecule has 0 saturated heterocycles. The minimum atomic E-state index is 0.192. The fraction of sp³-hybridized carbons (Fsp3) is 0.556. The Kier molecular flexibility index (Phi) is 4.21. The van der Waals surface area contributed by atoms with Crippen molar-refractivity contribution in [3.05, 3.63) is 11.1 Å². The summed E-state index contributed by atoms with van der Waals surface area (Å²) < 4.78 is 0. The van der Waals surface area contributed by atoms with E-state index in [1.54, 1.807) is 6.92 Å². The molecule has 0 atom stereocenters. The van der Waals surface area contributed by atoms with E-state index in [4.69, 9.17) is 5.26 Å². The second kappa shape index (κ2) is 4.68. The standard InChI is InChI=1S/C9H13NO/c1-4-9(11)5-7(2)8(3)6-10/h4-5H2,1-3H3/b8-7+. The first-order chi connectivity index (χ1) is 5.11. The van der Waals surface area contributed by atoms with Crippen LogP contribution in [0.4, 0.5) is 0 Å². The molecule has 2 heteroatoms. The summed E-state index contributed by atoms with van der Waals surface area (Å²) in [5, 5.41) is 8.47. The van der Waals surface area contributed by atoms with Gasteiger partial charge in [-0.2, -0.15) is 5.26 Å². The number of hydrogen-bond donors (Lipinski definition) is 0. The van der Waals surface area contributed by atoms with E-state index in [2.05, 4.69) is 0 Å². The molecule has 0 saturated carbocycles. The summed E-state index contributed by atoms with van der Waals surface area (Å²) >= 11 is 0. The number of Topliss-reactive ketones (excluding diaryl/α,β-unsaturated/α-hetero) is 1. The highest BCUT2D eigenvalue weighted by atomic mass is 16.1. The van der Waals surface area contributed by atoms with Gasteiger partial charge >= 0.3 is 0 Å². The van der Waals surface area contributed by atoms with Crippen LogP contribution in [0.5, 0.6) is 0 Å². The molecule has 0 rings (SSSR count). The van der Waals surface area contributed by atoms with E-state index >= 15 is 0 Å². The molecule has 0 aliphatic rings. The van der Waals surface area contributed by atoms with Crippen LogP contribution < -0.4 is 0 Å². The van der Waals surface area contributed by atoms with Gasteiger partial charge in [-0.1, -0.05) is 12.5 Å². The molecule has 0 fully saturated rings. The predicted octanol–water partition coefficient (Wildman–Crippen LogP) is 2.22. The first kappa shape index (κ1) is 9.90. The Morgan fingerprint density at radius 2 is 2.00 bits per heavy atom. The molecule has 0 aromatic heterocycles. The number of rotatable bonds is 3. The lowest BCUT2D eigenvalue weighted by Gasteiger charge is -1.98. The van der Waals surface area contributed by atoms with Crippen LogP contribution in [0.2, 0.25) is 0 Å². The molecule has 0 N–H and O–H groups in total. The molecule has 0 bridgehead atoms. The quantitative estimate of drug-likeness (QED) is 0.580. The second-order valence-corrected chi connectivity index (χ2v) is 2.59. The van der Waals surface area contributed by atoms with Crippen molar-refractivity contribution in [1.82, 2.24) is 0 Å². The first-order valence-electron chi connectivity index (χ1n) is 3.70. The molecule has 0 spiro atoms. The Balaban J connectivity index is 4.19. The van der Waals surface area contributed by atoms with Crippen molar-refractivity contribution < 1.29 is 4.79 Å². The molecule has 2 nitrogen and oxygen atoms in total. The Bertz CT molecular complexity index is 220. The molecule has 60 valence electrons. The van der Waals surface area contributed by atoms with E-state index < -0.39 is 0 Å². The fourth-order valence-electron chi connectivity index (χ4n) is 0.649. The second-order valence-electron chi connectivity index (χ2n) is 2.59. The zero-order chi connectivity index (χ0) is 8.85. The molecule has 0 radical (unpaired) electrons. The fourth-order valence-corrected chi connectivity index (χ4v) is 0.649. The topological polar surface area (TPSA) is 40.9 Å². The number of ketones is 1. The van der Waals surface area contributed by atoms with E-state index in [-0.39, 0.29) is 5.78 Å². The van der Waals surface area contributed by atoms with Gasteiger partial charge in [-0.05, 0) is 13.8 Å². The van der Waals surface area contributed by atoms with E-state index in [1.807, 2.05) is 19.9 Å². The molecular weight excluding hydrogens is 138 g/mol. The van der Waals surface area contributed by atoms with E-state index in [1.165, 1.54) is 0 Å². The van der Waals surface area contributed by atoms with Gasteiger partial charge in [-0.3, -0.25) is 4.79 Å². The van der Waals surface area contributed by atoms with Crippen LogP contribution in [-0.2, 0) is 4.79 Å². The van der Waals surface area contributed by atoms with Crippen molar-refractivity contribution in [1.29, 1.82) is 5.26 Å². The maximum Gasteiger partial charge on any atom is 0.136 e. The highest BCUT2D eigenvalue weighted by Gasteiger charge is 2.01. The number of nitrogens with zero attached hydrogens (tertiary/aromatic N) is 1. The van der Waals surface area contributed by atoms with Crippen LogP contribution in [0.1, 0.15) is 33.6 Å². The van der Waals surface area contributed by atoms with Crippen molar-refractivity contribution in [2.45, 2.75) is 33.6 Å². The monoisotopic (exact) mass is 151 g/mol. The zero-order valence-electron chi connectivity index (χ0n) is 7.27. The van der Waals surface area contributed by atoms with Crippen LogP contribution in [-0.4, -0.2) is 5.78 Å². The van der Waals surface area contributed by atoms with Gasteiger partial charge in [0.05, 0.1) is 6.07 Å². The summed E-state index contributed by atoms with van der Waals surface area (Å²) in [6.07, 6.45) is 0.978. The number of carbonyl (C=O) groups is 1. The summed E-state index contributed by atoms with van der Waals surface area (Å²) in [4.78, 5) is 10.9. The van der Waals surface area contributed by atoms with Gasteiger partial charge in [0.1, 0.15) is 5.78 Å². The smallest absolute Gasteiger partial charge is 0.136 e. The third kappa shape index (κ3) is 3.57. The summed E-state index contributed by atoms with van der Waals surface area (Å²) in [6.45, 7) is 5.39. The van der Waals surface area contributed by atoms with Crippen molar-refractivity contribution >= 4 is 5.78 Å². The lowest BCUT2D eigenvalue weighted by molar-refractivity contribution is -0.118. The molecule has 0 aromatic carbocycles. The van der Waals surface area contributed by atoms with E-state index in [0.29, 0.717) is 18.4 Å². The number of hydrogen-bond acceptors (Lipinski definition) is 2. The van der Waals surface area contributed by atoms with Gasteiger partial charge in [0.15, 0.2) is 0 Å². The Hall–Kier alpha value is -1.10. The largest absolute Gasteiger partial charge is 0.299 e. The van der Waals surface area contributed by atoms with Crippen molar-refractivity contribution in [3.63, 3.8) is 0 Å². The molecule has 0 unspecified atom stereocenters. The van der Waals surface area contributed by atoms with Gasteiger partial charge in [-0.25, -0.2) is 0 Å². The van der Waals surface area contributed by atoms with Gasteiger partial charge in [0.25, 0.3) is 0 Å². The van der Waals surface area contributed by atoms with Gasteiger partial charge in [0.2, 0.25) is 0 Å². The maximum atomic E-state index is 10.9. The van der Waals surface area contributed by atoms with Crippen LogP contribution in [0.3, 0.4) is 0 Å². The normalized spacial score (nSPS) is 11.8. The predicted molar refractivity (Wildman–Crippen MR) is 43.9 cm³/mol. The summed E-state index contributed by atoms with van der Waals surface area (Å²) in [6, 6.07) is 2.02. The molecule has 11 heavy (non-hydrogen) atoms. The van der Waals surface area contributed by atoms with Gasteiger partial charge in [0, 0.05) is 18.4 Å². The van der Waals surface area contributed by atoms with E-state index in [0.717, 1.165) is 5.57 Å². The molecule has 0 amide bonds. The molecule has 0 aliphatic carbocycles. The van der Waals surface area contributed by atoms with Crippen molar-refractivity contribution in [2.75, 3.05) is 0 Å². The SMILES string of the molecule is CCC(=O)C/C(C)=C(\C)C#N. The third-order valence-electron chi connectivity index (χ3n) is 1.66. The molecular formula is C9H13NO.